The first-order valence-corrected chi connectivity index (χ1v) is 10.1. The van der Waals surface area contributed by atoms with Gasteiger partial charge in [0.05, 0.1) is 6.54 Å². The van der Waals surface area contributed by atoms with Gasteiger partial charge in [0.25, 0.3) is 0 Å². The summed E-state index contributed by atoms with van der Waals surface area (Å²) in [4.78, 5) is 6.71. The number of guanidine groups is 1. The first kappa shape index (κ1) is 22.6. The second-order valence-electron chi connectivity index (χ2n) is 7.29. The highest BCUT2D eigenvalue weighted by molar-refractivity contribution is 5.79. The molecule has 1 heterocycles. The summed E-state index contributed by atoms with van der Waals surface area (Å²) in [6.07, 6.45) is 0. The zero-order valence-corrected chi connectivity index (χ0v) is 18.0. The Morgan fingerprint density at radius 2 is 1.77 bits per heavy atom. The van der Waals surface area contributed by atoms with E-state index >= 15 is 0 Å². The molecule has 0 fully saturated rings. The summed E-state index contributed by atoms with van der Waals surface area (Å²) in [5.41, 5.74) is 2.82. The molecule has 0 radical (unpaired) electrons. The van der Waals surface area contributed by atoms with Crippen molar-refractivity contribution in [2.75, 3.05) is 27.4 Å². The van der Waals surface area contributed by atoms with Crippen LogP contribution < -0.4 is 24.8 Å². The maximum Gasteiger partial charge on any atom is 0.387 e. The highest BCUT2D eigenvalue weighted by atomic mass is 19.3. The van der Waals surface area contributed by atoms with Gasteiger partial charge in [-0.25, -0.2) is 4.99 Å². The van der Waals surface area contributed by atoms with E-state index in [4.69, 9.17) is 9.47 Å². The molecule has 0 saturated carbocycles. The van der Waals surface area contributed by atoms with Gasteiger partial charge in [-0.3, -0.25) is 0 Å². The van der Waals surface area contributed by atoms with E-state index in [1.54, 1.807) is 6.07 Å². The Morgan fingerprint density at radius 3 is 2.42 bits per heavy atom. The summed E-state index contributed by atoms with van der Waals surface area (Å²) in [5.74, 6) is 1.50. The predicted octanol–water partition coefficient (Wildman–Crippen LogP) is 3.33. The van der Waals surface area contributed by atoms with Crippen LogP contribution in [0.1, 0.15) is 23.6 Å². The van der Waals surface area contributed by atoms with Gasteiger partial charge >= 0.3 is 6.61 Å². The second kappa shape index (κ2) is 10.8. The van der Waals surface area contributed by atoms with Crippen molar-refractivity contribution < 1.29 is 23.0 Å². The molecule has 7 nitrogen and oxygen atoms in total. The summed E-state index contributed by atoms with van der Waals surface area (Å²) in [6, 6.07) is 11.3. The van der Waals surface area contributed by atoms with Gasteiger partial charge < -0.3 is 29.7 Å². The van der Waals surface area contributed by atoms with Crippen LogP contribution in [0.3, 0.4) is 0 Å². The summed E-state index contributed by atoms with van der Waals surface area (Å²) >= 11 is 0. The molecule has 2 aromatic carbocycles. The summed E-state index contributed by atoms with van der Waals surface area (Å²) < 4.78 is 40.9. The van der Waals surface area contributed by atoms with Gasteiger partial charge in [-0.15, -0.1) is 0 Å². The van der Waals surface area contributed by atoms with Crippen LogP contribution in [0, 0.1) is 0 Å². The molecule has 0 atom stereocenters. The highest BCUT2D eigenvalue weighted by Crippen LogP contribution is 2.38. The molecule has 2 aromatic rings. The largest absolute Gasteiger partial charge is 0.454 e. The van der Waals surface area contributed by atoms with Crippen molar-refractivity contribution in [1.29, 1.82) is 0 Å². The van der Waals surface area contributed by atoms with Crippen LogP contribution in [0.2, 0.25) is 0 Å². The van der Waals surface area contributed by atoms with Gasteiger partial charge in [0.15, 0.2) is 17.5 Å². The Hall–Kier alpha value is -3.07. The number of nitrogens with one attached hydrogen (secondary N) is 2. The molecule has 0 unspecified atom stereocenters. The number of halogens is 2. The second-order valence-corrected chi connectivity index (χ2v) is 7.29. The third-order valence-electron chi connectivity index (χ3n) is 4.50. The van der Waals surface area contributed by atoms with E-state index in [9.17, 15) is 8.78 Å². The van der Waals surface area contributed by atoms with Crippen molar-refractivity contribution in [3.05, 3.63) is 53.1 Å². The van der Waals surface area contributed by atoms with E-state index < -0.39 is 6.61 Å². The predicted molar refractivity (Wildman–Crippen MR) is 115 cm³/mol. The first-order chi connectivity index (χ1) is 14.9. The Bertz CT molecular complexity index is 889. The van der Waals surface area contributed by atoms with Crippen LogP contribution in [0.5, 0.6) is 17.2 Å². The molecule has 9 heteroatoms. The third kappa shape index (κ3) is 6.71. The molecule has 0 saturated heterocycles. The quantitative estimate of drug-likeness (QED) is 0.466. The topological polar surface area (TPSA) is 67.4 Å². The summed E-state index contributed by atoms with van der Waals surface area (Å²) in [6.45, 7) is 1.33. The van der Waals surface area contributed by atoms with Crippen molar-refractivity contribution >= 4 is 5.96 Å². The third-order valence-corrected chi connectivity index (χ3v) is 4.50. The molecule has 168 valence electrons. The van der Waals surface area contributed by atoms with Crippen LogP contribution in [-0.2, 0) is 19.6 Å². The lowest BCUT2D eigenvalue weighted by molar-refractivity contribution is -0.0505. The molecule has 2 N–H and O–H groups in total. The van der Waals surface area contributed by atoms with Crippen LogP contribution in [0.25, 0.3) is 0 Å². The van der Waals surface area contributed by atoms with E-state index in [1.165, 1.54) is 11.6 Å². The molecule has 3 rings (SSSR count). The lowest BCUT2D eigenvalue weighted by Crippen LogP contribution is -2.36. The lowest BCUT2D eigenvalue weighted by Gasteiger charge is -2.15. The highest BCUT2D eigenvalue weighted by Gasteiger charge is 2.20. The normalized spacial score (nSPS) is 13.1. The molecule has 31 heavy (non-hydrogen) atoms. The number of hydrogen-bond acceptors (Lipinski definition) is 5. The first-order valence-electron chi connectivity index (χ1n) is 10.1. The minimum Gasteiger partial charge on any atom is -0.454 e. The van der Waals surface area contributed by atoms with Crippen molar-refractivity contribution in [2.45, 2.75) is 33.2 Å². The Labute approximate surface area is 181 Å². The maximum absolute atomic E-state index is 12.8. The minimum atomic E-state index is -2.93. The van der Waals surface area contributed by atoms with Gasteiger partial charge in [-0.2, -0.15) is 8.78 Å². The van der Waals surface area contributed by atoms with Crippen molar-refractivity contribution in [3.8, 4) is 17.2 Å². The number of hydrogen-bond donors (Lipinski definition) is 2. The zero-order valence-electron chi connectivity index (χ0n) is 18.0. The molecular weight excluding hydrogens is 406 g/mol. The minimum absolute atomic E-state index is 0.0408. The summed E-state index contributed by atoms with van der Waals surface area (Å²) in [5, 5.41) is 6.32. The average Bonchev–Trinajstić information content (AvgIpc) is 3.17. The SMILES string of the molecule is CCNC(=NCc1ccc(CN(C)C)cc1)NCc1cc2c(cc1OC(F)F)OCO2. The molecule has 0 amide bonds. The fourth-order valence-corrected chi connectivity index (χ4v) is 3.12. The molecule has 1 aliphatic rings. The van der Waals surface area contributed by atoms with E-state index in [1.807, 2.05) is 21.0 Å². The van der Waals surface area contributed by atoms with Crippen molar-refractivity contribution in [1.82, 2.24) is 15.5 Å². The lowest BCUT2D eigenvalue weighted by atomic mass is 10.1. The Kier molecular flexibility index (Phi) is 7.88. The number of nitrogens with zero attached hydrogens (tertiary/aromatic N) is 2. The molecule has 0 aliphatic carbocycles. The smallest absolute Gasteiger partial charge is 0.387 e. The molecular formula is C22H28F2N4O3. The van der Waals surface area contributed by atoms with Gasteiger partial charge in [0.1, 0.15) is 5.75 Å². The number of aliphatic imine (C=N–C) groups is 1. The molecule has 0 spiro atoms. The van der Waals surface area contributed by atoms with Gasteiger partial charge in [0.2, 0.25) is 6.79 Å². The summed E-state index contributed by atoms with van der Waals surface area (Å²) in [7, 11) is 4.06. The number of rotatable bonds is 9. The van der Waals surface area contributed by atoms with Gasteiger partial charge in [-0.05, 0) is 38.2 Å². The monoisotopic (exact) mass is 434 g/mol. The Morgan fingerprint density at radius 1 is 1.10 bits per heavy atom. The maximum atomic E-state index is 12.8. The fourth-order valence-electron chi connectivity index (χ4n) is 3.12. The fraction of sp³-hybridized carbons (Fsp3) is 0.409. The number of alkyl halides is 2. The number of fused-ring (bicyclic) bond motifs is 1. The van der Waals surface area contributed by atoms with Gasteiger partial charge in [0, 0.05) is 31.3 Å². The van der Waals surface area contributed by atoms with E-state index in [0.717, 1.165) is 12.1 Å². The zero-order chi connectivity index (χ0) is 22.2. The molecule has 0 aromatic heterocycles. The van der Waals surface area contributed by atoms with Crippen LogP contribution in [0.15, 0.2) is 41.4 Å². The van der Waals surface area contributed by atoms with Crippen LogP contribution in [-0.4, -0.2) is 44.9 Å². The van der Waals surface area contributed by atoms with E-state index in [0.29, 0.717) is 36.1 Å². The van der Waals surface area contributed by atoms with Crippen LogP contribution >= 0.6 is 0 Å². The standard InChI is InChI=1S/C22H28F2N4O3/c1-4-25-22(26-11-15-5-7-16(8-6-15)13-28(2)3)27-12-17-9-19-20(30-14-29-19)10-18(17)31-21(23)24/h5-10,21H,4,11-14H2,1-3H3,(H2,25,26,27). The van der Waals surface area contributed by atoms with E-state index in [-0.39, 0.29) is 19.1 Å². The van der Waals surface area contributed by atoms with Crippen molar-refractivity contribution in [2.24, 2.45) is 4.99 Å². The van der Waals surface area contributed by atoms with E-state index in [2.05, 4.69) is 49.5 Å². The molecule has 1 aliphatic heterocycles. The van der Waals surface area contributed by atoms with Crippen LogP contribution in [0.4, 0.5) is 8.78 Å². The van der Waals surface area contributed by atoms with Crippen molar-refractivity contribution in [3.63, 3.8) is 0 Å². The van der Waals surface area contributed by atoms with Gasteiger partial charge in [-0.1, -0.05) is 24.3 Å². The molecule has 0 bridgehead atoms. The number of ether oxygens (including phenoxy) is 3. The Balaban J connectivity index is 1.67. The average molecular weight is 434 g/mol. The number of benzene rings is 2.